The van der Waals surface area contributed by atoms with Crippen molar-refractivity contribution >= 4 is 16.8 Å². The van der Waals surface area contributed by atoms with Gasteiger partial charge in [-0.3, -0.25) is 4.79 Å². The molecule has 2 aromatic heterocycles. The maximum Gasteiger partial charge on any atom is 0.271 e. The summed E-state index contributed by atoms with van der Waals surface area (Å²) < 4.78 is 18.6. The van der Waals surface area contributed by atoms with Crippen molar-refractivity contribution in [2.75, 3.05) is 14.1 Å². The number of benzene rings is 2. The molecule has 0 radical (unpaired) electrons. The van der Waals surface area contributed by atoms with E-state index in [4.69, 9.17) is 4.42 Å². The van der Waals surface area contributed by atoms with Crippen LogP contribution in [0.15, 0.2) is 65.3 Å². The lowest BCUT2D eigenvalue weighted by Gasteiger charge is -2.10. The summed E-state index contributed by atoms with van der Waals surface area (Å²) in [5.74, 6) is -0.0174. The molecule has 4 aromatic rings. The SMILES string of the molecule is CN(C)C(=O)c1ccc2cc(-c3coc(-c4ccc(F)cc4)n3)ccc2n1. The number of pyridine rings is 1. The van der Waals surface area contributed by atoms with Crippen LogP contribution in [0.3, 0.4) is 0 Å². The Bertz CT molecular complexity index is 1130. The van der Waals surface area contributed by atoms with Crippen molar-refractivity contribution in [1.29, 1.82) is 0 Å². The molecule has 5 nitrogen and oxygen atoms in total. The lowest BCUT2D eigenvalue weighted by molar-refractivity contribution is 0.0822. The zero-order chi connectivity index (χ0) is 19.0. The monoisotopic (exact) mass is 361 g/mol. The van der Waals surface area contributed by atoms with Crippen LogP contribution in [0.5, 0.6) is 0 Å². The first-order chi connectivity index (χ1) is 13.0. The van der Waals surface area contributed by atoms with Crippen molar-refractivity contribution in [1.82, 2.24) is 14.9 Å². The van der Waals surface area contributed by atoms with Crippen LogP contribution in [0.4, 0.5) is 4.39 Å². The summed E-state index contributed by atoms with van der Waals surface area (Å²) in [6.07, 6.45) is 1.57. The van der Waals surface area contributed by atoms with E-state index >= 15 is 0 Å². The Labute approximate surface area is 155 Å². The maximum atomic E-state index is 13.1. The van der Waals surface area contributed by atoms with Gasteiger partial charge in [0.25, 0.3) is 5.91 Å². The van der Waals surface area contributed by atoms with E-state index in [1.165, 1.54) is 17.0 Å². The van der Waals surface area contributed by atoms with Gasteiger partial charge in [0.05, 0.1) is 5.52 Å². The number of halogens is 1. The molecule has 0 saturated heterocycles. The largest absolute Gasteiger partial charge is 0.444 e. The van der Waals surface area contributed by atoms with Gasteiger partial charge in [-0.05, 0) is 42.5 Å². The molecule has 0 aliphatic heterocycles. The van der Waals surface area contributed by atoms with E-state index in [1.807, 2.05) is 24.3 Å². The zero-order valence-corrected chi connectivity index (χ0v) is 14.8. The number of fused-ring (bicyclic) bond motifs is 1. The van der Waals surface area contributed by atoms with Crippen LogP contribution in [0.25, 0.3) is 33.6 Å². The number of hydrogen-bond acceptors (Lipinski definition) is 4. The van der Waals surface area contributed by atoms with Gasteiger partial charge in [0.2, 0.25) is 5.89 Å². The second-order valence-electron chi connectivity index (χ2n) is 6.35. The third-order valence-corrected chi connectivity index (χ3v) is 4.21. The fraction of sp³-hybridized carbons (Fsp3) is 0.0952. The minimum atomic E-state index is -0.306. The first-order valence-electron chi connectivity index (χ1n) is 8.35. The second kappa shape index (κ2) is 6.64. The van der Waals surface area contributed by atoms with Gasteiger partial charge < -0.3 is 9.32 Å². The van der Waals surface area contributed by atoms with E-state index in [0.29, 0.717) is 22.8 Å². The Hall–Kier alpha value is -3.54. The molecule has 134 valence electrons. The highest BCUT2D eigenvalue weighted by Crippen LogP contribution is 2.27. The Morgan fingerprint density at radius 1 is 0.963 bits per heavy atom. The summed E-state index contributed by atoms with van der Waals surface area (Å²) in [4.78, 5) is 22.5. The van der Waals surface area contributed by atoms with Crippen molar-refractivity contribution in [2.45, 2.75) is 0 Å². The van der Waals surface area contributed by atoms with Gasteiger partial charge >= 0.3 is 0 Å². The average Bonchev–Trinajstić information content (AvgIpc) is 3.17. The Morgan fingerprint density at radius 2 is 1.70 bits per heavy atom. The quantitative estimate of drug-likeness (QED) is 0.543. The summed E-state index contributed by atoms with van der Waals surface area (Å²) in [5, 5.41) is 0.897. The predicted molar refractivity (Wildman–Crippen MR) is 101 cm³/mol. The van der Waals surface area contributed by atoms with Gasteiger partial charge in [0, 0.05) is 30.6 Å². The number of carbonyl (C=O) groups is 1. The lowest BCUT2D eigenvalue weighted by Crippen LogP contribution is -2.22. The topological polar surface area (TPSA) is 59.2 Å². The molecule has 1 amide bonds. The molecule has 0 bridgehead atoms. The number of amides is 1. The van der Waals surface area contributed by atoms with Crippen LogP contribution in [0, 0.1) is 5.82 Å². The highest BCUT2D eigenvalue weighted by molar-refractivity contribution is 5.95. The molecule has 0 aliphatic carbocycles. The molecule has 6 heteroatoms. The van der Waals surface area contributed by atoms with Crippen LogP contribution in [0.1, 0.15) is 10.5 Å². The van der Waals surface area contributed by atoms with Crippen LogP contribution in [0.2, 0.25) is 0 Å². The molecular weight excluding hydrogens is 345 g/mol. The Kier molecular flexibility index (Phi) is 4.16. The fourth-order valence-corrected chi connectivity index (χ4v) is 2.76. The number of nitrogens with zero attached hydrogens (tertiary/aromatic N) is 3. The standard InChI is InChI=1S/C21H16FN3O2/c1-25(2)21(26)18-10-6-14-11-15(5-9-17(14)23-18)19-12-27-20(24-19)13-3-7-16(22)8-4-13/h3-12H,1-2H3. The highest BCUT2D eigenvalue weighted by Gasteiger charge is 2.12. The lowest BCUT2D eigenvalue weighted by atomic mass is 10.1. The minimum absolute atomic E-state index is 0.138. The molecule has 0 saturated carbocycles. The summed E-state index contributed by atoms with van der Waals surface area (Å²) in [5.41, 5.74) is 3.38. The summed E-state index contributed by atoms with van der Waals surface area (Å²) in [6, 6.07) is 15.2. The minimum Gasteiger partial charge on any atom is -0.444 e. The van der Waals surface area contributed by atoms with Gasteiger partial charge in [-0.25, -0.2) is 14.4 Å². The third kappa shape index (κ3) is 3.29. The van der Waals surface area contributed by atoms with E-state index in [2.05, 4.69) is 9.97 Å². The summed E-state index contributed by atoms with van der Waals surface area (Å²) >= 11 is 0. The number of rotatable bonds is 3. The second-order valence-corrected chi connectivity index (χ2v) is 6.35. The zero-order valence-electron chi connectivity index (χ0n) is 14.8. The Balaban J connectivity index is 1.67. The maximum absolute atomic E-state index is 13.1. The number of carbonyl (C=O) groups excluding carboxylic acids is 1. The molecule has 0 N–H and O–H groups in total. The van der Waals surface area contributed by atoms with Gasteiger partial charge in [-0.15, -0.1) is 0 Å². The van der Waals surface area contributed by atoms with Crippen molar-refractivity contribution in [3.63, 3.8) is 0 Å². The average molecular weight is 361 g/mol. The number of aromatic nitrogens is 2. The van der Waals surface area contributed by atoms with Crippen molar-refractivity contribution in [2.24, 2.45) is 0 Å². The number of oxazole rings is 1. The molecule has 0 spiro atoms. The smallest absolute Gasteiger partial charge is 0.271 e. The van der Waals surface area contributed by atoms with Gasteiger partial charge in [0.1, 0.15) is 23.5 Å². The molecule has 2 heterocycles. The first kappa shape index (κ1) is 16.9. The normalized spacial score (nSPS) is 10.9. The third-order valence-electron chi connectivity index (χ3n) is 4.21. The van der Waals surface area contributed by atoms with E-state index < -0.39 is 0 Å². The van der Waals surface area contributed by atoms with E-state index in [9.17, 15) is 9.18 Å². The van der Waals surface area contributed by atoms with Crippen LogP contribution in [-0.4, -0.2) is 34.9 Å². The van der Waals surface area contributed by atoms with Crippen LogP contribution < -0.4 is 0 Å². The Morgan fingerprint density at radius 3 is 2.44 bits per heavy atom. The van der Waals surface area contributed by atoms with Gasteiger partial charge in [-0.1, -0.05) is 12.1 Å². The van der Waals surface area contributed by atoms with Crippen LogP contribution >= 0.6 is 0 Å². The molecule has 27 heavy (non-hydrogen) atoms. The first-order valence-corrected chi connectivity index (χ1v) is 8.35. The molecule has 0 atom stereocenters. The van der Waals surface area contributed by atoms with Crippen molar-refractivity contribution in [3.8, 4) is 22.7 Å². The molecule has 2 aromatic carbocycles. The van der Waals surface area contributed by atoms with Crippen molar-refractivity contribution < 1.29 is 13.6 Å². The fourth-order valence-electron chi connectivity index (χ4n) is 2.76. The number of hydrogen-bond donors (Lipinski definition) is 0. The molecule has 0 fully saturated rings. The molecule has 0 aliphatic rings. The van der Waals surface area contributed by atoms with Crippen molar-refractivity contribution in [3.05, 3.63) is 72.4 Å². The van der Waals surface area contributed by atoms with E-state index in [1.54, 1.807) is 38.6 Å². The van der Waals surface area contributed by atoms with E-state index in [0.717, 1.165) is 16.5 Å². The summed E-state index contributed by atoms with van der Waals surface area (Å²) in [7, 11) is 3.39. The highest BCUT2D eigenvalue weighted by atomic mass is 19.1. The van der Waals surface area contributed by atoms with Crippen LogP contribution in [-0.2, 0) is 0 Å². The van der Waals surface area contributed by atoms with E-state index in [-0.39, 0.29) is 11.7 Å². The molecule has 0 unspecified atom stereocenters. The summed E-state index contributed by atoms with van der Waals surface area (Å²) in [6.45, 7) is 0. The molecule has 4 rings (SSSR count). The van der Waals surface area contributed by atoms with Gasteiger partial charge in [0.15, 0.2) is 0 Å². The molecular formula is C21H16FN3O2. The predicted octanol–water partition coefficient (Wildman–Crippen LogP) is 4.40. The van der Waals surface area contributed by atoms with Gasteiger partial charge in [-0.2, -0.15) is 0 Å².